The van der Waals surface area contributed by atoms with Gasteiger partial charge in [-0.15, -0.1) is 0 Å². The van der Waals surface area contributed by atoms with Crippen LogP contribution in [0.3, 0.4) is 0 Å². The standard InChI is InChI=1S/C24H32N2O2/c1-5-19(4)25-24(28)22(6-2)26(17-21-14-12-18(3)13-15-21)23(27)16-20-10-8-7-9-11-20/h7-15,19,22H,5-6,16-17H2,1-4H3,(H,25,28)/t19-,22-/m1/s1. The minimum absolute atomic E-state index is 0.0297. The number of hydrogen-bond donors (Lipinski definition) is 1. The molecule has 28 heavy (non-hydrogen) atoms. The molecule has 0 bridgehead atoms. The van der Waals surface area contributed by atoms with Gasteiger partial charge >= 0.3 is 0 Å². The fourth-order valence-electron chi connectivity index (χ4n) is 3.12. The van der Waals surface area contributed by atoms with E-state index in [1.807, 2.05) is 82.3 Å². The van der Waals surface area contributed by atoms with Crippen LogP contribution < -0.4 is 5.32 Å². The molecule has 0 aromatic heterocycles. The summed E-state index contributed by atoms with van der Waals surface area (Å²) in [7, 11) is 0. The molecule has 0 heterocycles. The van der Waals surface area contributed by atoms with Crippen molar-refractivity contribution in [2.45, 2.75) is 65.6 Å². The van der Waals surface area contributed by atoms with Crippen molar-refractivity contribution < 1.29 is 9.59 Å². The van der Waals surface area contributed by atoms with Gasteiger partial charge < -0.3 is 10.2 Å². The highest BCUT2D eigenvalue weighted by Crippen LogP contribution is 2.15. The summed E-state index contributed by atoms with van der Waals surface area (Å²) in [5, 5.41) is 3.04. The monoisotopic (exact) mass is 380 g/mol. The van der Waals surface area contributed by atoms with E-state index in [1.165, 1.54) is 5.56 Å². The van der Waals surface area contributed by atoms with Crippen molar-refractivity contribution >= 4 is 11.8 Å². The third-order valence-corrected chi connectivity index (χ3v) is 5.06. The van der Waals surface area contributed by atoms with Crippen molar-refractivity contribution in [3.05, 3.63) is 71.3 Å². The second kappa shape index (κ2) is 10.6. The number of rotatable bonds is 9. The first-order chi connectivity index (χ1) is 13.4. The van der Waals surface area contributed by atoms with Crippen molar-refractivity contribution in [3.63, 3.8) is 0 Å². The molecule has 0 aliphatic heterocycles. The molecule has 2 rings (SSSR count). The number of amides is 2. The second-order valence-corrected chi connectivity index (χ2v) is 7.41. The van der Waals surface area contributed by atoms with E-state index >= 15 is 0 Å². The van der Waals surface area contributed by atoms with Crippen molar-refractivity contribution in [1.82, 2.24) is 10.2 Å². The Balaban J connectivity index is 2.25. The average Bonchev–Trinajstić information content (AvgIpc) is 2.69. The number of aryl methyl sites for hydroxylation is 1. The molecule has 2 atom stereocenters. The predicted molar refractivity (Wildman–Crippen MR) is 114 cm³/mol. The zero-order valence-electron chi connectivity index (χ0n) is 17.4. The lowest BCUT2D eigenvalue weighted by atomic mass is 10.1. The highest BCUT2D eigenvalue weighted by molar-refractivity contribution is 5.88. The van der Waals surface area contributed by atoms with Gasteiger partial charge in [0.2, 0.25) is 11.8 Å². The summed E-state index contributed by atoms with van der Waals surface area (Å²) in [5.74, 6) is -0.108. The quantitative estimate of drug-likeness (QED) is 0.707. The van der Waals surface area contributed by atoms with Gasteiger partial charge in [-0.25, -0.2) is 0 Å². The largest absolute Gasteiger partial charge is 0.352 e. The highest BCUT2D eigenvalue weighted by atomic mass is 16.2. The number of carbonyl (C=O) groups is 2. The van der Waals surface area contributed by atoms with Crippen LogP contribution in [0.15, 0.2) is 54.6 Å². The Morgan fingerprint density at radius 1 is 0.929 bits per heavy atom. The molecule has 1 N–H and O–H groups in total. The Morgan fingerprint density at radius 2 is 1.57 bits per heavy atom. The summed E-state index contributed by atoms with van der Waals surface area (Å²) in [5.41, 5.74) is 3.16. The molecule has 0 aliphatic carbocycles. The Kier molecular flexibility index (Phi) is 8.24. The van der Waals surface area contributed by atoms with Gasteiger partial charge in [-0.2, -0.15) is 0 Å². The number of nitrogens with one attached hydrogen (secondary N) is 1. The Hall–Kier alpha value is -2.62. The smallest absolute Gasteiger partial charge is 0.243 e. The average molecular weight is 381 g/mol. The fourth-order valence-corrected chi connectivity index (χ4v) is 3.12. The van der Waals surface area contributed by atoms with Crippen LogP contribution >= 0.6 is 0 Å². The van der Waals surface area contributed by atoms with Gasteiger partial charge in [-0.05, 0) is 37.8 Å². The minimum atomic E-state index is -0.480. The number of nitrogens with zero attached hydrogens (tertiary/aromatic N) is 1. The SMILES string of the molecule is CC[C@@H](C)NC(=O)[C@@H](CC)N(Cc1ccc(C)cc1)C(=O)Cc1ccccc1. The Labute approximate surface area is 169 Å². The van der Waals surface area contributed by atoms with E-state index in [1.54, 1.807) is 4.90 Å². The first-order valence-corrected chi connectivity index (χ1v) is 10.1. The lowest BCUT2D eigenvalue weighted by Crippen LogP contribution is -2.51. The van der Waals surface area contributed by atoms with E-state index in [-0.39, 0.29) is 17.9 Å². The van der Waals surface area contributed by atoms with Gasteiger partial charge in [0.25, 0.3) is 0 Å². The van der Waals surface area contributed by atoms with Crippen LogP contribution in [0.5, 0.6) is 0 Å². The molecule has 0 saturated heterocycles. The molecule has 2 aromatic carbocycles. The predicted octanol–water partition coefficient (Wildman–Crippen LogP) is 4.26. The van der Waals surface area contributed by atoms with E-state index < -0.39 is 6.04 Å². The first kappa shape index (κ1) is 21.7. The summed E-state index contributed by atoms with van der Waals surface area (Å²) in [6, 6.07) is 17.4. The minimum Gasteiger partial charge on any atom is -0.352 e. The van der Waals surface area contributed by atoms with Crippen molar-refractivity contribution in [1.29, 1.82) is 0 Å². The third-order valence-electron chi connectivity index (χ3n) is 5.06. The van der Waals surface area contributed by atoms with Crippen LogP contribution in [0.4, 0.5) is 0 Å². The zero-order chi connectivity index (χ0) is 20.5. The van der Waals surface area contributed by atoms with E-state index in [0.29, 0.717) is 19.4 Å². The van der Waals surface area contributed by atoms with E-state index in [4.69, 9.17) is 0 Å². The molecule has 0 fully saturated rings. The summed E-state index contributed by atoms with van der Waals surface area (Å²) in [6.45, 7) is 8.45. The maximum absolute atomic E-state index is 13.2. The van der Waals surface area contributed by atoms with E-state index in [2.05, 4.69) is 5.32 Å². The molecule has 0 unspecified atom stereocenters. The molecule has 2 aromatic rings. The van der Waals surface area contributed by atoms with Crippen molar-refractivity contribution in [2.75, 3.05) is 0 Å². The molecular weight excluding hydrogens is 348 g/mol. The molecule has 0 aliphatic rings. The van der Waals surface area contributed by atoms with Gasteiger partial charge in [0.15, 0.2) is 0 Å². The molecule has 4 nitrogen and oxygen atoms in total. The maximum Gasteiger partial charge on any atom is 0.243 e. The number of benzene rings is 2. The van der Waals surface area contributed by atoms with E-state index in [0.717, 1.165) is 17.5 Å². The molecule has 0 spiro atoms. The number of hydrogen-bond acceptors (Lipinski definition) is 2. The summed E-state index contributed by atoms with van der Waals surface area (Å²) in [4.78, 5) is 27.8. The van der Waals surface area contributed by atoms with Crippen molar-refractivity contribution in [3.8, 4) is 0 Å². The zero-order valence-corrected chi connectivity index (χ0v) is 17.4. The van der Waals surface area contributed by atoms with Crippen molar-refractivity contribution in [2.24, 2.45) is 0 Å². The second-order valence-electron chi connectivity index (χ2n) is 7.41. The lowest BCUT2D eigenvalue weighted by Gasteiger charge is -2.31. The normalized spacial score (nSPS) is 12.9. The molecular formula is C24H32N2O2. The maximum atomic E-state index is 13.2. The first-order valence-electron chi connectivity index (χ1n) is 10.1. The van der Waals surface area contributed by atoms with Gasteiger partial charge in [-0.1, -0.05) is 74.0 Å². The molecule has 2 amide bonds. The van der Waals surface area contributed by atoms with Gasteiger partial charge in [0.1, 0.15) is 6.04 Å². The van der Waals surface area contributed by atoms with Crippen LogP contribution in [-0.4, -0.2) is 28.8 Å². The summed E-state index contributed by atoms with van der Waals surface area (Å²) in [6.07, 6.45) is 1.73. The van der Waals surface area contributed by atoms with Gasteiger partial charge in [0, 0.05) is 12.6 Å². The molecule has 0 radical (unpaired) electrons. The van der Waals surface area contributed by atoms with Crippen LogP contribution in [0.1, 0.15) is 50.3 Å². The topological polar surface area (TPSA) is 49.4 Å². The van der Waals surface area contributed by atoms with E-state index in [9.17, 15) is 9.59 Å². The fraction of sp³-hybridized carbons (Fsp3) is 0.417. The Morgan fingerprint density at radius 3 is 2.14 bits per heavy atom. The molecule has 0 saturated carbocycles. The lowest BCUT2D eigenvalue weighted by molar-refractivity contribution is -0.141. The molecule has 150 valence electrons. The Bertz CT molecular complexity index is 756. The number of carbonyl (C=O) groups excluding carboxylic acids is 2. The highest BCUT2D eigenvalue weighted by Gasteiger charge is 2.29. The van der Waals surface area contributed by atoms with Crippen LogP contribution in [-0.2, 0) is 22.6 Å². The summed E-state index contributed by atoms with van der Waals surface area (Å²) >= 11 is 0. The van der Waals surface area contributed by atoms with Gasteiger partial charge in [0.05, 0.1) is 6.42 Å². The van der Waals surface area contributed by atoms with Crippen LogP contribution in [0, 0.1) is 6.92 Å². The third kappa shape index (κ3) is 6.22. The summed E-state index contributed by atoms with van der Waals surface area (Å²) < 4.78 is 0. The molecule has 4 heteroatoms. The van der Waals surface area contributed by atoms with Crippen LogP contribution in [0.2, 0.25) is 0 Å². The van der Waals surface area contributed by atoms with Crippen LogP contribution in [0.25, 0.3) is 0 Å². The van der Waals surface area contributed by atoms with Gasteiger partial charge in [-0.3, -0.25) is 9.59 Å².